The van der Waals surface area contributed by atoms with Crippen LogP contribution in [0.15, 0.2) is 18.6 Å². The van der Waals surface area contributed by atoms with Gasteiger partial charge >= 0.3 is 0 Å². The predicted octanol–water partition coefficient (Wildman–Crippen LogP) is 1.42. The van der Waals surface area contributed by atoms with E-state index in [1.54, 1.807) is 24.9 Å². The molecule has 7 heteroatoms. The first-order valence-electron chi connectivity index (χ1n) is 4.85. The second-order valence-corrected chi connectivity index (χ2v) is 3.87. The summed E-state index contributed by atoms with van der Waals surface area (Å²) in [6.07, 6.45) is 4.41. The van der Waals surface area contributed by atoms with E-state index >= 15 is 0 Å². The van der Waals surface area contributed by atoms with E-state index in [4.69, 9.17) is 11.6 Å². The van der Waals surface area contributed by atoms with Crippen LogP contribution in [0, 0.1) is 6.92 Å². The minimum Gasteiger partial charge on any atom is -0.305 e. The number of nitrogens with one attached hydrogen (secondary N) is 1. The number of hydrogen-bond donors (Lipinski definition) is 1. The number of nitrogens with zero attached hydrogens (tertiary/aromatic N) is 4. The van der Waals surface area contributed by atoms with E-state index in [-0.39, 0.29) is 11.1 Å². The van der Waals surface area contributed by atoms with Crippen LogP contribution in [-0.2, 0) is 7.05 Å². The van der Waals surface area contributed by atoms with E-state index < -0.39 is 0 Å². The van der Waals surface area contributed by atoms with Gasteiger partial charge in [-0.1, -0.05) is 11.6 Å². The smallest absolute Gasteiger partial charge is 0.260 e. The van der Waals surface area contributed by atoms with Crippen molar-refractivity contribution >= 4 is 23.3 Å². The van der Waals surface area contributed by atoms with Crippen molar-refractivity contribution in [3.05, 3.63) is 35.0 Å². The first-order chi connectivity index (χ1) is 8.06. The third-order valence-corrected chi connectivity index (χ3v) is 2.32. The van der Waals surface area contributed by atoms with Crippen molar-refractivity contribution in [2.75, 3.05) is 5.32 Å². The average Bonchev–Trinajstić information content (AvgIpc) is 2.61. The van der Waals surface area contributed by atoms with Gasteiger partial charge in [0.25, 0.3) is 5.91 Å². The molecule has 2 aromatic rings. The standard InChI is InChI=1S/C10H10ClN5O/c1-6-7(5-16(2)15-6)10(17)14-9-4-12-8(11)3-13-9/h3-5H,1-2H3,(H,13,14,17). The molecule has 0 spiro atoms. The quantitative estimate of drug-likeness (QED) is 0.876. The van der Waals surface area contributed by atoms with E-state index in [2.05, 4.69) is 20.4 Å². The van der Waals surface area contributed by atoms with Gasteiger partial charge in [0.05, 0.1) is 23.7 Å². The van der Waals surface area contributed by atoms with Gasteiger partial charge in [-0.3, -0.25) is 9.48 Å². The topological polar surface area (TPSA) is 72.7 Å². The Morgan fingerprint density at radius 1 is 1.41 bits per heavy atom. The summed E-state index contributed by atoms with van der Waals surface area (Å²) >= 11 is 5.59. The molecule has 0 saturated heterocycles. The lowest BCUT2D eigenvalue weighted by Crippen LogP contribution is -2.13. The van der Waals surface area contributed by atoms with Gasteiger partial charge in [0, 0.05) is 13.2 Å². The molecule has 2 heterocycles. The third kappa shape index (κ3) is 2.59. The van der Waals surface area contributed by atoms with Crippen molar-refractivity contribution in [2.24, 2.45) is 7.05 Å². The fraction of sp³-hybridized carbons (Fsp3) is 0.200. The molecule has 2 aromatic heterocycles. The number of hydrogen-bond acceptors (Lipinski definition) is 4. The fourth-order valence-corrected chi connectivity index (χ4v) is 1.48. The zero-order valence-electron chi connectivity index (χ0n) is 9.31. The summed E-state index contributed by atoms with van der Waals surface area (Å²) < 4.78 is 1.58. The Kier molecular flexibility index (Phi) is 3.06. The zero-order chi connectivity index (χ0) is 12.4. The highest BCUT2D eigenvalue weighted by Crippen LogP contribution is 2.09. The van der Waals surface area contributed by atoms with Crippen LogP contribution in [-0.4, -0.2) is 25.7 Å². The highest BCUT2D eigenvalue weighted by atomic mass is 35.5. The molecule has 6 nitrogen and oxygen atoms in total. The maximum atomic E-state index is 11.9. The van der Waals surface area contributed by atoms with Crippen LogP contribution < -0.4 is 5.32 Å². The van der Waals surface area contributed by atoms with Gasteiger partial charge in [-0.15, -0.1) is 0 Å². The summed E-state index contributed by atoms with van der Waals surface area (Å²) in [5.41, 5.74) is 1.16. The molecule has 1 amide bonds. The van der Waals surface area contributed by atoms with Gasteiger partial charge in [0.2, 0.25) is 0 Å². The van der Waals surface area contributed by atoms with Crippen LogP contribution >= 0.6 is 11.6 Å². The molecule has 0 aliphatic rings. The SMILES string of the molecule is Cc1nn(C)cc1C(=O)Nc1cnc(Cl)cn1. The fourth-order valence-electron chi connectivity index (χ4n) is 1.38. The molecule has 0 radical (unpaired) electrons. The summed E-state index contributed by atoms with van der Waals surface area (Å²) in [6.45, 7) is 1.77. The lowest BCUT2D eigenvalue weighted by Gasteiger charge is -2.02. The van der Waals surface area contributed by atoms with Crippen molar-refractivity contribution in [1.82, 2.24) is 19.7 Å². The summed E-state index contributed by atoms with van der Waals surface area (Å²) in [5, 5.41) is 6.98. The molecule has 0 saturated carbocycles. The molecule has 1 N–H and O–H groups in total. The first kappa shape index (κ1) is 11.5. The summed E-state index contributed by atoms with van der Waals surface area (Å²) in [6, 6.07) is 0. The van der Waals surface area contributed by atoms with Gasteiger partial charge in [0.1, 0.15) is 5.15 Å². The van der Waals surface area contributed by atoms with Crippen LogP contribution in [0.4, 0.5) is 5.82 Å². The zero-order valence-corrected chi connectivity index (χ0v) is 10.1. The highest BCUT2D eigenvalue weighted by molar-refractivity contribution is 6.29. The Labute approximate surface area is 103 Å². The minimum absolute atomic E-state index is 0.271. The summed E-state index contributed by atoms with van der Waals surface area (Å²) in [4.78, 5) is 19.6. The number of carbonyl (C=O) groups is 1. The predicted molar refractivity (Wildman–Crippen MR) is 62.9 cm³/mol. The molecule has 0 aromatic carbocycles. The maximum Gasteiger partial charge on any atom is 0.260 e. The Morgan fingerprint density at radius 2 is 2.18 bits per heavy atom. The minimum atomic E-state index is -0.271. The number of aryl methyl sites for hydroxylation is 2. The van der Waals surface area contributed by atoms with Crippen molar-refractivity contribution in [3.63, 3.8) is 0 Å². The normalized spacial score (nSPS) is 10.3. The molecule has 0 unspecified atom stereocenters. The van der Waals surface area contributed by atoms with Crippen LogP contribution in [0.2, 0.25) is 5.15 Å². The lowest BCUT2D eigenvalue weighted by molar-refractivity contribution is 0.102. The van der Waals surface area contributed by atoms with Crippen LogP contribution in [0.1, 0.15) is 16.1 Å². The molecule has 0 bridgehead atoms. The molecule has 2 rings (SSSR count). The van der Waals surface area contributed by atoms with E-state index in [9.17, 15) is 4.79 Å². The van der Waals surface area contributed by atoms with E-state index in [0.717, 1.165) is 0 Å². The molecule has 0 atom stereocenters. The highest BCUT2D eigenvalue weighted by Gasteiger charge is 2.13. The number of rotatable bonds is 2. The number of anilines is 1. The molecular weight excluding hydrogens is 242 g/mol. The number of halogens is 1. The molecule has 17 heavy (non-hydrogen) atoms. The second kappa shape index (κ2) is 4.50. The van der Waals surface area contributed by atoms with E-state index in [0.29, 0.717) is 17.1 Å². The lowest BCUT2D eigenvalue weighted by atomic mass is 10.2. The molecule has 0 fully saturated rings. The third-order valence-electron chi connectivity index (χ3n) is 2.12. The Morgan fingerprint density at radius 3 is 2.71 bits per heavy atom. The largest absolute Gasteiger partial charge is 0.305 e. The first-order valence-corrected chi connectivity index (χ1v) is 5.23. The Balaban J connectivity index is 2.17. The average molecular weight is 252 g/mol. The molecule has 0 aliphatic carbocycles. The molecular formula is C10H10ClN5O. The molecule has 0 aliphatic heterocycles. The van der Waals surface area contributed by atoms with Gasteiger partial charge < -0.3 is 5.32 Å². The van der Waals surface area contributed by atoms with E-state index in [1.807, 2.05) is 0 Å². The maximum absolute atomic E-state index is 11.9. The second-order valence-electron chi connectivity index (χ2n) is 3.48. The van der Waals surface area contributed by atoms with Gasteiger partial charge in [-0.25, -0.2) is 9.97 Å². The van der Waals surface area contributed by atoms with Crippen molar-refractivity contribution in [1.29, 1.82) is 0 Å². The Bertz CT molecular complexity index is 548. The van der Waals surface area contributed by atoms with Crippen molar-refractivity contribution in [3.8, 4) is 0 Å². The van der Waals surface area contributed by atoms with Crippen molar-refractivity contribution < 1.29 is 4.79 Å². The van der Waals surface area contributed by atoms with Gasteiger partial charge in [-0.05, 0) is 6.92 Å². The van der Waals surface area contributed by atoms with Crippen LogP contribution in [0.5, 0.6) is 0 Å². The van der Waals surface area contributed by atoms with Crippen LogP contribution in [0.25, 0.3) is 0 Å². The monoisotopic (exact) mass is 251 g/mol. The van der Waals surface area contributed by atoms with Gasteiger partial charge in [0.15, 0.2) is 5.82 Å². The van der Waals surface area contributed by atoms with E-state index in [1.165, 1.54) is 12.4 Å². The molecule has 88 valence electrons. The number of aromatic nitrogens is 4. The summed E-state index contributed by atoms with van der Waals surface area (Å²) in [5.74, 6) is 0.0786. The van der Waals surface area contributed by atoms with Crippen molar-refractivity contribution in [2.45, 2.75) is 6.92 Å². The van der Waals surface area contributed by atoms with Crippen LogP contribution in [0.3, 0.4) is 0 Å². The number of carbonyl (C=O) groups excluding carboxylic acids is 1. The summed E-state index contributed by atoms with van der Waals surface area (Å²) in [7, 11) is 1.76. The number of amides is 1. The van der Waals surface area contributed by atoms with Gasteiger partial charge in [-0.2, -0.15) is 5.10 Å². The Hall–Kier alpha value is -1.95.